The van der Waals surface area contributed by atoms with Gasteiger partial charge in [0.2, 0.25) is 0 Å². The number of benzene rings is 1. The molecule has 2 aromatic rings. The molecule has 7 heteroatoms. The number of anilines is 1. The van der Waals surface area contributed by atoms with Gasteiger partial charge in [-0.25, -0.2) is 9.98 Å². The Bertz CT molecular complexity index is 677. The summed E-state index contributed by atoms with van der Waals surface area (Å²) in [6, 6.07) is 4.03. The smallest absolute Gasteiger partial charge is 0.269 e. The van der Waals surface area contributed by atoms with E-state index in [1.807, 2.05) is 17.6 Å². The number of H-pyrrole nitrogens is 1. The summed E-state index contributed by atoms with van der Waals surface area (Å²) in [5.41, 5.74) is 21.0. The standard InChI is InChI=1S/C14H17N5S2/c1-2-3-8-6-9(12(16)19-14(17)20)11(15)10(7-8)13-18-4-5-21-13/h4-7H,2-3,15H2,1H3,(H4,16,17,19,20)/p+1. The second-order valence-corrected chi connectivity index (χ2v) is 5.92. The summed E-state index contributed by atoms with van der Waals surface area (Å²) in [7, 11) is 0. The van der Waals surface area contributed by atoms with E-state index in [4.69, 9.17) is 29.4 Å². The highest BCUT2D eigenvalue weighted by atomic mass is 32.1. The first-order chi connectivity index (χ1) is 10.0. The van der Waals surface area contributed by atoms with Gasteiger partial charge < -0.3 is 17.2 Å². The zero-order valence-electron chi connectivity index (χ0n) is 11.7. The van der Waals surface area contributed by atoms with Crippen molar-refractivity contribution in [2.24, 2.45) is 16.5 Å². The van der Waals surface area contributed by atoms with Crippen molar-refractivity contribution in [2.75, 3.05) is 5.73 Å². The molecule has 0 unspecified atom stereocenters. The van der Waals surface area contributed by atoms with Crippen molar-refractivity contribution in [3.05, 3.63) is 34.8 Å². The first-order valence-electron chi connectivity index (χ1n) is 6.54. The minimum atomic E-state index is -0.00275. The van der Waals surface area contributed by atoms with Crippen LogP contribution in [-0.2, 0) is 6.42 Å². The number of rotatable bonds is 4. The van der Waals surface area contributed by atoms with Gasteiger partial charge in [-0.2, -0.15) is 0 Å². The van der Waals surface area contributed by atoms with E-state index >= 15 is 0 Å². The maximum Gasteiger partial charge on any atom is 0.269 e. The van der Waals surface area contributed by atoms with E-state index in [2.05, 4.69) is 23.0 Å². The number of thiazole rings is 1. The molecule has 0 amide bonds. The number of nitrogen functional groups attached to an aromatic ring is 1. The highest BCUT2D eigenvalue weighted by Gasteiger charge is 2.17. The Morgan fingerprint density at radius 3 is 2.71 bits per heavy atom. The van der Waals surface area contributed by atoms with Crippen molar-refractivity contribution in [2.45, 2.75) is 19.8 Å². The lowest BCUT2D eigenvalue weighted by Gasteiger charge is -2.11. The zero-order valence-corrected chi connectivity index (χ0v) is 13.4. The summed E-state index contributed by atoms with van der Waals surface area (Å²) < 4.78 is 0. The van der Waals surface area contributed by atoms with Crippen LogP contribution in [-0.4, -0.2) is 10.9 Å². The summed E-state index contributed by atoms with van der Waals surface area (Å²) >= 11 is 6.36. The number of aromatic nitrogens is 1. The molecule has 1 aromatic heterocycles. The molecule has 0 radical (unpaired) electrons. The van der Waals surface area contributed by atoms with Gasteiger partial charge in [0.05, 0.1) is 16.6 Å². The minimum Gasteiger partial charge on any atom is -0.397 e. The number of aromatic amines is 1. The number of thiocarbonyl (C=S) groups is 1. The third-order valence-electron chi connectivity index (χ3n) is 3.00. The monoisotopic (exact) mass is 320 g/mol. The summed E-state index contributed by atoms with van der Waals surface area (Å²) in [4.78, 5) is 7.13. The van der Waals surface area contributed by atoms with Crippen LogP contribution in [0, 0.1) is 0 Å². The van der Waals surface area contributed by atoms with Crippen LogP contribution in [0.4, 0.5) is 5.69 Å². The number of aryl methyl sites for hydroxylation is 1. The van der Waals surface area contributed by atoms with E-state index < -0.39 is 0 Å². The number of nitrogens with two attached hydrogens (primary N) is 3. The molecule has 21 heavy (non-hydrogen) atoms. The van der Waals surface area contributed by atoms with Crippen molar-refractivity contribution in [1.82, 2.24) is 0 Å². The third kappa shape index (κ3) is 3.56. The van der Waals surface area contributed by atoms with Crippen LogP contribution in [0.5, 0.6) is 0 Å². The second-order valence-electron chi connectivity index (χ2n) is 4.58. The molecule has 110 valence electrons. The summed E-state index contributed by atoms with van der Waals surface area (Å²) in [5, 5.41) is 2.94. The number of hydrogen-bond acceptors (Lipinski definition) is 3. The van der Waals surface area contributed by atoms with Crippen molar-refractivity contribution < 1.29 is 4.98 Å². The number of hydrogen-bond donors (Lipinski definition) is 3. The van der Waals surface area contributed by atoms with E-state index in [1.165, 1.54) is 0 Å². The van der Waals surface area contributed by atoms with Gasteiger partial charge in [0.1, 0.15) is 5.84 Å². The summed E-state index contributed by atoms with van der Waals surface area (Å²) in [6.45, 7) is 2.12. The molecule has 0 saturated heterocycles. The second kappa shape index (κ2) is 6.64. The quantitative estimate of drug-likeness (QED) is 0.345. The molecule has 0 atom stereocenters. The summed E-state index contributed by atoms with van der Waals surface area (Å²) in [6.07, 6.45) is 3.84. The van der Waals surface area contributed by atoms with Crippen LogP contribution < -0.4 is 22.2 Å². The Balaban J connectivity index is 2.61. The predicted octanol–water partition coefficient (Wildman–Crippen LogP) is 1.71. The molecule has 0 fully saturated rings. The van der Waals surface area contributed by atoms with E-state index in [-0.39, 0.29) is 10.9 Å². The van der Waals surface area contributed by atoms with Crippen molar-refractivity contribution >= 4 is 40.2 Å². The van der Waals surface area contributed by atoms with E-state index in [9.17, 15) is 0 Å². The highest BCUT2D eigenvalue weighted by molar-refractivity contribution is 7.80. The zero-order chi connectivity index (χ0) is 15.4. The van der Waals surface area contributed by atoms with Crippen LogP contribution in [0.2, 0.25) is 0 Å². The van der Waals surface area contributed by atoms with Crippen molar-refractivity contribution in [1.29, 1.82) is 0 Å². The Morgan fingerprint density at radius 2 is 2.14 bits per heavy atom. The van der Waals surface area contributed by atoms with Gasteiger partial charge >= 0.3 is 0 Å². The highest BCUT2D eigenvalue weighted by Crippen LogP contribution is 2.30. The van der Waals surface area contributed by atoms with Gasteiger partial charge in [0.15, 0.2) is 11.3 Å². The molecule has 0 spiro atoms. The maximum absolute atomic E-state index is 6.26. The average molecular weight is 320 g/mol. The molecular weight excluding hydrogens is 302 g/mol. The SMILES string of the molecule is CCCc1cc(C(N)=NC(N)=S)c(N)c(-c2[nH+]ccs2)c1. The number of nitrogens with one attached hydrogen (secondary N) is 1. The molecular formula is C14H18N5S2+. The van der Waals surface area contributed by atoms with Gasteiger partial charge in [-0.3, -0.25) is 0 Å². The fourth-order valence-electron chi connectivity index (χ4n) is 2.11. The molecule has 7 N–H and O–H groups in total. The number of nitrogens with zero attached hydrogens (tertiary/aromatic N) is 1. The van der Waals surface area contributed by atoms with Gasteiger partial charge in [-0.05, 0) is 36.3 Å². The molecule has 5 nitrogen and oxygen atoms in total. The Kier molecular flexibility index (Phi) is 4.87. The number of aliphatic imine (C=N–C) groups is 1. The summed E-state index contributed by atoms with van der Waals surface area (Å²) in [5.74, 6) is 0.246. The Labute approximate surface area is 132 Å². The molecule has 0 aliphatic heterocycles. The lowest BCUT2D eigenvalue weighted by molar-refractivity contribution is -0.357. The minimum absolute atomic E-state index is 0.00275. The van der Waals surface area contributed by atoms with Crippen LogP contribution in [0.25, 0.3) is 10.6 Å². The van der Waals surface area contributed by atoms with Gasteiger partial charge in [-0.15, -0.1) is 0 Å². The van der Waals surface area contributed by atoms with Crippen LogP contribution in [0.3, 0.4) is 0 Å². The predicted molar refractivity (Wildman–Crippen MR) is 92.2 cm³/mol. The first kappa shape index (κ1) is 15.4. The van der Waals surface area contributed by atoms with E-state index in [1.54, 1.807) is 11.3 Å². The van der Waals surface area contributed by atoms with Crippen LogP contribution >= 0.6 is 23.6 Å². The fraction of sp³-hybridized carbons (Fsp3) is 0.214. The molecule has 1 aromatic carbocycles. The Morgan fingerprint density at radius 1 is 1.38 bits per heavy atom. The van der Waals surface area contributed by atoms with Gasteiger partial charge in [0.25, 0.3) is 5.01 Å². The maximum atomic E-state index is 6.26. The molecule has 1 heterocycles. The van der Waals surface area contributed by atoms with Crippen molar-refractivity contribution in [3.63, 3.8) is 0 Å². The lowest BCUT2D eigenvalue weighted by Crippen LogP contribution is -2.20. The molecule has 2 rings (SSSR count). The normalized spacial score (nSPS) is 11.6. The van der Waals surface area contributed by atoms with Gasteiger partial charge in [0, 0.05) is 5.56 Å². The Hall–Kier alpha value is -1.99. The average Bonchev–Trinajstić information content (AvgIpc) is 2.93. The largest absolute Gasteiger partial charge is 0.397 e. The van der Waals surface area contributed by atoms with Gasteiger partial charge in [-0.1, -0.05) is 24.7 Å². The number of amidine groups is 1. The molecule has 0 aliphatic rings. The molecule has 0 bridgehead atoms. The lowest BCUT2D eigenvalue weighted by atomic mass is 9.99. The third-order valence-corrected chi connectivity index (χ3v) is 3.93. The fourth-order valence-corrected chi connectivity index (χ4v) is 2.91. The molecule has 0 aliphatic carbocycles. The molecule has 0 saturated carbocycles. The topological polar surface area (TPSA) is 105 Å². The first-order valence-corrected chi connectivity index (χ1v) is 7.83. The van der Waals surface area contributed by atoms with Crippen molar-refractivity contribution in [3.8, 4) is 10.6 Å². The van der Waals surface area contributed by atoms with E-state index in [0.717, 1.165) is 29.0 Å². The van der Waals surface area contributed by atoms with Crippen LogP contribution in [0.15, 0.2) is 28.7 Å². The van der Waals surface area contributed by atoms with Crippen LogP contribution in [0.1, 0.15) is 24.5 Å². The van der Waals surface area contributed by atoms with E-state index in [0.29, 0.717) is 11.3 Å².